The van der Waals surface area contributed by atoms with Crippen LogP contribution in [0.3, 0.4) is 0 Å². The molecule has 31 heavy (non-hydrogen) atoms. The Hall–Kier alpha value is -0.570. The zero-order chi connectivity index (χ0) is 20.6. The molecule has 4 rings (SSSR count). The summed E-state index contributed by atoms with van der Waals surface area (Å²) < 4.78 is 10.3. The van der Waals surface area contributed by atoms with E-state index in [0.717, 1.165) is 19.4 Å². The second-order valence-electron chi connectivity index (χ2n) is 9.34. The molecule has 1 nitrogen and oxygen atoms in total. The molecule has 164 valence electrons. The molecule has 0 unspecified atom stereocenters. The largest absolute Gasteiger partial charge is 1.00 e. The van der Waals surface area contributed by atoms with E-state index in [1.807, 2.05) is 0 Å². The van der Waals surface area contributed by atoms with Crippen LogP contribution >= 0.6 is 0 Å². The van der Waals surface area contributed by atoms with E-state index < -0.39 is 29.6 Å². The Bertz CT molecular complexity index is 984. The van der Waals surface area contributed by atoms with E-state index in [1.54, 1.807) is 23.2 Å². The normalized spacial score (nSPS) is 14.3. The van der Waals surface area contributed by atoms with Crippen LogP contribution in [0.2, 0.25) is 19.6 Å². The summed E-state index contributed by atoms with van der Waals surface area (Å²) in [7, 11) is -1.46. The molecule has 0 spiro atoms. The molecule has 0 saturated heterocycles. The Morgan fingerprint density at radius 2 is 1.48 bits per heavy atom. The number of halogens is 2. The Balaban J connectivity index is 0.00000171. The van der Waals surface area contributed by atoms with E-state index >= 15 is 0 Å². The number of hydrogen-bond donors (Lipinski definition) is 0. The molecular weight excluding hydrogens is 519 g/mol. The van der Waals surface area contributed by atoms with Gasteiger partial charge in [0.1, 0.15) is 0 Å². The minimum absolute atomic E-state index is 0. The third kappa shape index (κ3) is 5.68. The maximum absolute atomic E-state index is 6.20. The van der Waals surface area contributed by atoms with Crippen molar-refractivity contribution in [1.82, 2.24) is 0 Å². The maximum Gasteiger partial charge on any atom is -1.00 e. The van der Waals surface area contributed by atoms with Gasteiger partial charge in [-0.15, -0.1) is 0 Å². The van der Waals surface area contributed by atoms with Crippen LogP contribution in [0.15, 0.2) is 69.5 Å². The van der Waals surface area contributed by atoms with Gasteiger partial charge in [0.25, 0.3) is 0 Å². The van der Waals surface area contributed by atoms with Gasteiger partial charge < -0.3 is 24.8 Å². The van der Waals surface area contributed by atoms with Gasteiger partial charge in [-0.1, -0.05) is 0 Å². The molecular formula is C26H32Cl2OSiZr. The predicted molar refractivity (Wildman–Crippen MR) is 125 cm³/mol. The molecule has 0 atom stereocenters. The molecule has 0 radical (unpaired) electrons. The summed E-state index contributed by atoms with van der Waals surface area (Å²) in [5, 5.41) is 0. The number of allylic oxidation sites excluding steroid dienone is 3. The SMILES string of the molecule is C[C](C)=[Zr+2]([C]1=C(CCO[Si](C)(C)C)C=CC1)[CH]1c2ccccc2-c2ccccc21.[Cl-].[Cl-]. The van der Waals surface area contributed by atoms with Gasteiger partial charge in [-0.3, -0.25) is 0 Å². The van der Waals surface area contributed by atoms with Crippen molar-refractivity contribution in [3.63, 3.8) is 0 Å². The smallest absolute Gasteiger partial charge is 1.00 e. The van der Waals surface area contributed by atoms with Crippen molar-refractivity contribution < 1.29 is 50.5 Å². The van der Waals surface area contributed by atoms with Gasteiger partial charge in [0.15, 0.2) is 0 Å². The molecule has 2 aliphatic rings. The van der Waals surface area contributed by atoms with Gasteiger partial charge in [0, 0.05) is 0 Å². The summed E-state index contributed by atoms with van der Waals surface area (Å²) >= 11 is -2.08. The molecule has 0 N–H and O–H groups in total. The monoisotopic (exact) mass is 548 g/mol. The van der Waals surface area contributed by atoms with Crippen LogP contribution in [0, 0.1) is 0 Å². The van der Waals surface area contributed by atoms with Crippen molar-refractivity contribution in [3.8, 4) is 11.1 Å². The van der Waals surface area contributed by atoms with Crippen molar-refractivity contribution in [2.75, 3.05) is 6.61 Å². The van der Waals surface area contributed by atoms with Crippen LogP contribution in [0.4, 0.5) is 0 Å². The molecule has 0 saturated carbocycles. The van der Waals surface area contributed by atoms with Crippen molar-refractivity contribution in [2.24, 2.45) is 0 Å². The third-order valence-corrected chi connectivity index (χ3v) is 15.5. The molecule has 2 aliphatic carbocycles. The van der Waals surface area contributed by atoms with Crippen molar-refractivity contribution >= 4 is 11.5 Å². The first-order chi connectivity index (χ1) is 13.9. The summed E-state index contributed by atoms with van der Waals surface area (Å²) in [5.41, 5.74) is 7.65. The van der Waals surface area contributed by atoms with Crippen LogP contribution in [0.1, 0.15) is 41.4 Å². The molecule has 2 aromatic carbocycles. The minimum atomic E-state index is -2.08. The third-order valence-electron chi connectivity index (χ3n) is 5.92. The van der Waals surface area contributed by atoms with Crippen LogP contribution in [0.5, 0.6) is 0 Å². The first-order valence-electron chi connectivity index (χ1n) is 10.8. The van der Waals surface area contributed by atoms with E-state index in [0.29, 0.717) is 3.63 Å². The van der Waals surface area contributed by atoms with E-state index in [9.17, 15) is 0 Å². The van der Waals surface area contributed by atoms with Gasteiger partial charge in [-0.05, 0) is 0 Å². The minimum Gasteiger partial charge on any atom is -1.00 e. The molecule has 0 bridgehead atoms. The van der Waals surface area contributed by atoms with Gasteiger partial charge in [-0.2, -0.15) is 0 Å². The zero-order valence-corrected chi connectivity index (χ0v) is 24.1. The van der Waals surface area contributed by atoms with Crippen LogP contribution in [-0.4, -0.2) is 18.1 Å². The second-order valence-corrected chi connectivity index (χ2v) is 21.3. The second kappa shape index (κ2) is 11.0. The number of rotatable bonds is 6. The summed E-state index contributed by atoms with van der Waals surface area (Å²) in [6, 6.07) is 18.3. The standard InChI is InChI=1S/C13H9.C10H17OSi.C3H6.2ClH.Zr/c1-3-7-12-10(5-1)9-11-6-2-4-8-13(11)12;1-12(2,3)11-9-8-10-6-4-5-7-10;1-3-2;;;/h1-9H;4,6H,5,8-9H2,1-3H3;1-2H3;2*1H;/q;;;;;+2/p-2. The first kappa shape index (κ1) is 26.7. The summed E-state index contributed by atoms with van der Waals surface area (Å²) in [4.78, 5) is 0. The Morgan fingerprint density at radius 3 is 2.00 bits per heavy atom. The molecule has 0 amide bonds. The zero-order valence-electron chi connectivity index (χ0n) is 19.1. The van der Waals surface area contributed by atoms with E-state index in [1.165, 1.54) is 11.1 Å². The van der Waals surface area contributed by atoms with Crippen LogP contribution in [0.25, 0.3) is 11.1 Å². The number of hydrogen-bond acceptors (Lipinski definition) is 1. The fraction of sp³-hybridized carbons (Fsp3) is 0.346. The van der Waals surface area contributed by atoms with Gasteiger partial charge in [-0.25, -0.2) is 0 Å². The average molecular weight is 551 g/mol. The van der Waals surface area contributed by atoms with Crippen LogP contribution in [-0.2, 0) is 25.7 Å². The molecule has 0 aliphatic heterocycles. The molecule has 0 heterocycles. The first-order valence-corrected chi connectivity index (χ1v) is 18.0. The van der Waals surface area contributed by atoms with Crippen molar-refractivity contribution in [1.29, 1.82) is 0 Å². The molecule has 0 aromatic heterocycles. The van der Waals surface area contributed by atoms with Crippen molar-refractivity contribution in [2.45, 2.75) is 50.0 Å². The van der Waals surface area contributed by atoms with Crippen molar-refractivity contribution in [3.05, 3.63) is 80.7 Å². The maximum atomic E-state index is 6.20. The van der Waals surface area contributed by atoms with Gasteiger partial charge >= 0.3 is 186 Å². The Kier molecular flexibility index (Phi) is 9.50. The van der Waals surface area contributed by atoms with E-state index in [-0.39, 0.29) is 24.8 Å². The van der Waals surface area contributed by atoms with Gasteiger partial charge in [0.05, 0.1) is 0 Å². The van der Waals surface area contributed by atoms with Crippen LogP contribution < -0.4 is 24.8 Å². The van der Waals surface area contributed by atoms with E-state index in [4.69, 9.17) is 4.43 Å². The molecule has 0 fully saturated rings. The summed E-state index contributed by atoms with van der Waals surface area (Å²) in [5.74, 6) is 0. The van der Waals surface area contributed by atoms with E-state index in [2.05, 4.69) is 94.2 Å². The molecule has 2 aromatic rings. The topological polar surface area (TPSA) is 9.23 Å². The Labute approximate surface area is 209 Å². The summed E-state index contributed by atoms with van der Waals surface area (Å²) in [6.45, 7) is 12.5. The number of benzene rings is 2. The summed E-state index contributed by atoms with van der Waals surface area (Å²) in [6.07, 6.45) is 7.03. The Morgan fingerprint density at radius 1 is 0.935 bits per heavy atom. The van der Waals surface area contributed by atoms with Gasteiger partial charge in [0.2, 0.25) is 0 Å². The number of fused-ring (bicyclic) bond motifs is 3. The quantitative estimate of drug-likeness (QED) is 0.489. The fourth-order valence-corrected chi connectivity index (χ4v) is 14.2. The predicted octanol–water partition coefficient (Wildman–Crippen LogP) is 1.05. The fourth-order valence-electron chi connectivity index (χ4n) is 4.77. The molecule has 5 heteroatoms. The average Bonchev–Trinajstić information content (AvgIpc) is 3.25.